The van der Waals surface area contributed by atoms with Crippen molar-refractivity contribution >= 4 is 11.6 Å². The van der Waals surface area contributed by atoms with Gasteiger partial charge in [0, 0.05) is 12.5 Å². The van der Waals surface area contributed by atoms with Crippen LogP contribution in [0.15, 0.2) is 24.3 Å². The molecule has 5 nitrogen and oxygen atoms in total. The topological polar surface area (TPSA) is 61.8 Å². The van der Waals surface area contributed by atoms with Crippen LogP contribution in [0.25, 0.3) is 0 Å². The molecule has 132 valence electrons. The Hall–Kier alpha value is -1.59. The highest BCUT2D eigenvalue weighted by Crippen LogP contribution is 2.32. The van der Waals surface area contributed by atoms with Crippen LogP contribution in [0, 0.1) is 11.8 Å². The van der Waals surface area contributed by atoms with Crippen molar-refractivity contribution in [1.29, 1.82) is 0 Å². The number of β-amino-alcohol motifs (C(OH)–C–C–N with tert-alkyl or cyclic N) is 1. The molecular formula is C19H28N2O3. The van der Waals surface area contributed by atoms with E-state index in [-0.39, 0.29) is 18.4 Å². The molecule has 0 unspecified atom stereocenters. The van der Waals surface area contributed by atoms with Gasteiger partial charge >= 0.3 is 0 Å². The molecule has 1 saturated carbocycles. The predicted octanol–water partition coefficient (Wildman–Crippen LogP) is 2.51. The van der Waals surface area contributed by atoms with Crippen molar-refractivity contribution < 1.29 is 14.6 Å². The van der Waals surface area contributed by atoms with E-state index in [0.29, 0.717) is 18.0 Å². The number of nitrogens with zero attached hydrogens (tertiary/aromatic N) is 1. The number of para-hydroxylation sites is 2. The van der Waals surface area contributed by atoms with Crippen LogP contribution in [-0.2, 0) is 4.79 Å². The number of aliphatic hydroxyl groups excluding tert-OH is 1. The fourth-order valence-corrected chi connectivity index (χ4v) is 3.06. The van der Waals surface area contributed by atoms with E-state index in [1.54, 1.807) is 0 Å². The number of rotatable bonds is 7. The second-order valence-corrected chi connectivity index (χ2v) is 7.21. The van der Waals surface area contributed by atoms with Crippen molar-refractivity contribution in [2.45, 2.75) is 38.7 Å². The first-order valence-corrected chi connectivity index (χ1v) is 9.05. The van der Waals surface area contributed by atoms with Crippen LogP contribution in [0.3, 0.4) is 0 Å². The Morgan fingerprint density at radius 3 is 2.71 bits per heavy atom. The van der Waals surface area contributed by atoms with E-state index in [0.717, 1.165) is 31.8 Å². The molecule has 1 aromatic rings. The molecule has 0 aromatic heterocycles. The molecule has 3 rings (SSSR count). The second kappa shape index (κ2) is 7.99. The monoisotopic (exact) mass is 332 g/mol. The molecule has 1 atom stereocenters. The molecule has 1 saturated heterocycles. The standard InChI is InChI=1S/C19H28N2O3/c1-14-8-10-21(11-9-14)12-16(22)13-24-18-5-3-2-4-17(18)20-19(23)15-6-7-15/h2-5,14-16,22H,6-13H2,1H3,(H,20,23)/t16-/m1/s1. The molecule has 2 N–H and O–H groups in total. The van der Waals surface area contributed by atoms with Crippen LogP contribution in [0.1, 0.15) is 32.6 Å². The van der Waals surface area contributed by atoms with Gasteiger partial charge in [-0.1, -0.05) is 19.1 Å². The van der Waals surface area contributed by atoms with Crippen molar-refractivity contribution in [3.8, 4) is 5.75 Å². The molecule has 0 bridgehead atoms. The molecule has 0 radical (unpaired) electrons. The highest BCUT2D eigenvalue weighted by Gasteiger charge is 2.30. The first kappa shape index (κ1) is 17.2. The average molecular weight is 332 g/mol. The molecule has 5 heteroatoms. The Morgan fingerprint density at radius 1 is 1.29 bits per heavy atom. The third kappa shape index (κ3) is 4.95. The lowest BCUT2D eigenvalue weighted by atomic mass is 9.99. The van der Waals surface area contributed by atoms with Gasteiger partial charge in [-0.3, -0.25) is 4.79 Å². The number of anilines is 1. The summed E-state index contributed by atoms with van der Waals surface area (Å²) in [6.45, 7) is 5.26. The summed E-state index contributed by atoms with van der Waals surface area (Å²) in [7, 11) is 0. The van der Waals surface area contributed by atoms with Gasteiger partial charge in [-0.05, 0) is 56.8 Å². The van der Waals surface area contributed by atoms with E-state index in [1.165, 1.54) is 12.8 Å². The Bertz CT molecular complexity index is 551. The Morgan fingerprint density at radius 2 is 2.00 bits per heavy atom. The van der Waals surface area contributed by atoms with Crippen LogP contribution in [0.2, 0.25) is 0 Å². The second-order valence-electron chi connectivity index (χ2n) is 7.21. The number of ether oxygens (including phenoxy) is 1. The first-order valence-electron chi connectivity index (χ1n) is 9.05. The predicted molar refractivity (Wildman–Crippen MR) is 94.1 cm³/mol. The molecular weight excluding hydrogens is 304 g/mol. The average Bonchev–Trinajstić information content (AvgIpc) is 3.41. The summed E-state index contributed by atoms with van der Waals surface area (Å²) in [6, 6.07) is 7.42. The van der Waals surface area contributed by atoms with E-state index in [9.17, 15) is 9.90 Å². The number of aliphatic hydroxyl groups is 1. The minimum absolute atomic E-state index is 0.0639. The molecule has 1 heterocycles. The Kier molecular flexibility index (Phi) is 5.74. The smallest absolute Gasteiger partial charge is 0.227 e. The van der Waals surface area contributed by atoms with Crippen molar-refractivity contribution in [3.05, 3.63) is 24.3 Å². The number of hydrogen-bond acceptors (Lipinski definition) is 4. The van der Waals surface area contributed by atoms with Crippen molar-refractivity contribution in [3.63, 3.8) is 0 Å². The van der Waals surface area contributed by atoms with E-state index in [4.69, 9.17) is 4.74 Å². The van der Waals surface area contributed by atoms with Crippen LogP contribution < -0.4 is 10.1 Å². The van der Waals surface area contributed by atoms with E-state index in [2.05, 4.69) is 17.1 Å². The van der Waals surface area contributed by atoms with Crippen LogP contribution in [0.4, 0.5) is 5.69 Å². The van der Waals surface area contributed by atoms with Crippen LogP contribution in [-0.4, -0.2) is 48.3 Å². The zero-order chi connectivity index (χ0) is 16.9. The lowest BCUT2D eigenvalue weighted by Gasteiger charge is -2.31. The summed E-state index contributed by atoms with van der Waals surface area (Å²) in [5, 5.41) is 13.2. The molecule has 1 aliphatic heterocycles. The summed E-state index contributed by atoms with van der Waals surface area (Å²) in [5.41, 5.74) is 0.688. The van der Waals surface area contributed by atoms with E-state index >= 15 is 0 Å². The number of likely N-dealkylation sites (tertiary alicyclic amines) is 1. The molecule has 2 aliphatic rings. The number of carbonyl (C=O) groups is 1. The van der Waals surface area contributed by atoms with Gasteiger partial charge in [-0.2, -0.15) is 0 Å². The Balaban J connectivity index is 1.47. The summed E-state index contributed by atoms with van der Waals surface area (Å²) >= 11 is 0. The summed E-state index contributed by atoms with van der Waals surface area (Å²) in [6.07, 6.45) is 3.82. The van der Waals surface area contributed by atoms with E-state index < -0.39 is 6.10 Å². The van der Waals surface area contributed by atoms with Gasteiger partial charge in [-0.25, -0.2) is 0 Å². The van der Waals surface area contributed by atoms with Crippen molar-refractivity contribution in [2.24, 2.45) is 11.8 Å². The minimum atomic E-state index is -0.523. The molecule has 2 fully saturated rings. The third-order valence-electron chi connectivity index (χ3n) is 4.87. The largest absolute Gasteiger partial charge is 0.489 e. The molecule has 1 aromatic carbocycles. The van der Waals surface area contributed by atoms with Gasteiger partial charge in [-0.15, -0.1) is 0 Å². The van der Waals surface area contributed by atoms with Crippen molar-refractivity contribution in [1.82, 2.24) is 4.90 Å². The lowest BCUT2D eigenvalue weighted by molar-refractivity contribution is -0.117. The van der Waals surface area contributed by atoms with Crippen LogP contribution >= 0.6 is 0 Å². The zero-order valence-corrected chi connectivity index (χ0v) is 14.4. The zero-order valence-electron chi connectivity index (χ0n) is 14.4. The first-order chi connectivity index (χ1) is 11.6. The number of hydrogen-bond donors (Lipinski definition) is 2. The summed E-state index contributed by atoms with van der Waals surface area (Å²) in [4.78, 5) is 14.2. The number of piperidine rings is 1. The maximum Gasteiger partial charge on any atom is 0.227 e. The SMILES string of the molecule is CC1CCN(C[C@@H](O)COc2ccccc2NC(=O)C2CC2)CC1. The van der Waals surface area contributed by atoms with Gasteiger partial charge in [0.05, 0.1) is 5.69 Å². The van der Waals surface area contributed by atoms with Gasteiger partial charge in [0.25, 0.3) is 0 Å². The molecule has 0 spiro atoms. The Labute approximate surface area is 144 Å². The number of nitrogens with one attached hydrogen (secondary N) is 1. The summed E-state index contributed by atoms with van der Waals surface area (Å²) < 4.78 is 5.77. The highest BCUT2D eigenvalue weighted by atomic mass is 16.5. The minimum Gasteiger partial charge on any atom is -0.489 e. The lowest BCUT2D eigenvalue weighted by Crippen LogP contribution is -2.40. The fourth-order valence-electron chi connectivity index (χ4n) is 3.06. The van der Waals surface area contributed by atoms with Gasteiger partial charge < -0.3 is 20.1 Å². The third-order valence-corrected chi connectivity index (χ3v) is 4.87. The molecule has 1 amide bonds. The van der Waals surface area contributed by atoms with E-state index in [1.807, 2.05) is 24.3 Å². The van der Waals surface area contributed by atoms with Crippen molar-refractivity contribution in [2.75, 3.05) is 31.6 Å². The normalized spacial score (nSPS) is 20.6. The fraction of sp³-hybridized carbons (Fsp3) is 0.632. The highest BCUT2D eigenvalue weighted by molar-refractivity contribution is 5.95. The number of benzene rings is 1. The number of amides is 1. The summed E-state index contributed by atoms with van der Waals surface area (Å²) in [5.74, 6) is 1.63. The van der Waals surface area contributed by atoms with Gasteiger partial charge in [0.15, 0.2) is 0 Å². The van der Waals surface area contributed by atoms with Gasteiger partial charge in [0.1, 0.15) is 18.5 Å². The van der Waals surface area contributed by atoms with Crippen LogP contribution in [0.5, 0.6) is 5.75 Å². The molecule has 24 heavy (non-hydrogen) atoms. The maximum atomic E-state index is 11.9. The quantitative estimate of drug-likeness (QED) is 0.805. The maximum absolute atomic E-state index is 11.9. The molecule has 1 aliphatic carbocycles. The van der Waals surface area contributed by atoms with Gasteiger partial charge in [0.2, 0.25) is 5.91 Å². The number of carbonyl (C=O) groups excluding carboxylic acids is 1.